The standard InChI is InChI=1S/C21H21F2N3O3S/c1-21(2,3)29-20(28)26-5-4-11-13(10-30-18(11)9-26)19(27)25-17-8-24-16-7-15(23)14(22)6-12(16)17/h6-8,10,24H,4-5,9H2,1-3H3,(H,25,27). The van der Waals surface area contributed by atoms with Crippen molar-refractivity contribution in [3.05, 3.63) is 51.3 Å². The number of rotatable bonds is 2. The Balaban J connectivity index is 1.51. The van der Waals surface area contributed by atoms with Crippen LogP contribution in [-0.2, 0) is 17.7 Å². The number of H-pyrrole nitrogens is 1. The fourth-order valence-corrected chi connectivity index (χ4v) is 4.51. The predicted octanol–water partition coefficient (Wildman–Crippen LogP) is 5.05. The van der Waals surface area contributed by atoms with Gasteiger partial charge < -0.3 is 19.9 Å². The SMILES string of the molecule is CC(C)(C)OC(=O)N1CCc2c(C(=O)Nc3c[nH]c4cc(F)c(F)cc34)csc2C1. The van der Waals surface area contributed by atoms with Gasteiger partial charge in [-0.1, -0.05) is 0 Å². The summed E-state index contributed by atoms with van der Waals surface area (Å²) in [6.07, 6.45) is 1.67. The number of ether oxygens (including phenoxy) is 1. The molecule has 2 aromatic heterocycles. The number of hydrogen-bond acceptors (Lipinski definition) is 4. The number of nitrogens with zero attached hydrogens (tertiary/aromatic N) is 1. The van der Waals surface area contributed by atoms with E-state index in [1.165, 1.54) is 17.5 Å². The zero-order valence-electron chi connectivity index (χ0n) is 16.8. The lowest BCUT2D eigenvalue weighted by atomic mass is 10.0. The number of thiophene rings is 1. The van der Waals surface area contributed by atoms with Crippen LogP contribution < -0.4 is 5.32 Å². The molecule has 0 aliphatic carbocycles. The van der Waals surface area contributed by atoms with Crippen molar-refractivity contribution in [2.45, 2.75) is 39.3 Å². The lowest BCUT2D eigenvalue weighted by molar-refractivity contribution is 0.0226. The molecule has 0 atom stereocenters. The van der Waals surface area contributed by atoms with E-state index in [4.69, 9.17) is 4.74 Å². The highest BCUT2D eigenvalue weighted by atomic mass is 32.1. The number of aromatic nitrogens is 1. The summed E-state index contributed by atoms with van der Waals surface area (Å²) in [7, 11) is 0. The number of carbonyl (C=O) groups excluding carboxylic acids is 2. The number of hydrogen-bond donors (Lipinski definition) is 2. The number of nitrogens with one attached hydrogen (secondary N) is 2. The van der Waals surface area contributed by atoms with Gasteiger partial charge in [-0.05, 0) is 38.8 Å². The van der Waals surface area contributed by atoms with Crippen LogP contribution >= 0.6 is 11.3 Å². The summed E-state index contributed by atoms with van der Waals surface area (Å²) < 4.78 is 32.4. The molecule has 9 heteroatoms. The molecular formula is C21H21F2N3O3S. The van der Waals surface area contributed by atoms with Crippen LogP contribution in [0.1, 0.15) is 41.6 Å². The Bertz CT molecular complexity index is 1150. The quantitative estimate of drug-likeness (QED) is 0.594. The van der Waals surface area contributed by atoms with Gasteiger partial charge in [0.25, 0.3) is 5.91 Å². The molecule has 4 rings (SSSR count). The molecule has 0 radical (unpaired) electrons. The lowest BCUT2D eigenvalue weighted by Crippen LogP contribution is -2.39. The van der Waals surface area contributed by atoms with Crippen LogP contribution in [0.5, 0.6) is 0 Å². The van der Waals surface area contributed by atoms with Crippen molar-refractivity contribution in [1.82, 2.24) is 9.88 Å². The van der Waals surface area contributed by atoms with E-state index in [1.54, 1.807) is 10.3 Å². The third-order valence-electron chi connectivity index (χ3n) is 4.81. The average Bonchev–Trinajstić information content (AvgIpc) is 3.24. The van der Waals surface area contributed by atoms with E-state index >= 15 is 0 Å². The Morgan fingerprint density at radius 3 is 2.70 bits per heavy atom. The summed E-state index contributed by atoms with van der Waals surface area (Å²) in [5, 5.41) is 4.92. The molecule has 0 saturated heterocycles. The summed E-state index contributed by atoms with van der Waals surface area (Å²) in [5.74, 6) is -2.26. The molecule has 2 amide bonds. The second-order valence-electron chi connectivity index (χ2n) is 8.17. The average molecular weight is 433 g/mol. The van der Waals surface area contributed by atoms with Crippen LogP contribution in [0.4, 0.5) is 19.3 Å². The van der Waals surface area contributed by atoms with Gasteiger partial charge >= 0.3 is 6.09 Å². The van der Waals surface area contributed by atoms with Gasteiger partial charge in [0.05, 0.1) is 23.3 Å². The van der Waals surface area contributed by atoms with Crippen molar-refractivity contribution in [2.24, 2.45) is 0 Å². The first kappa shape index (κ1) is 20.3. The third kappa shape index (κ3) is 3.89. The molecular weight excluding hydrogens is 412 g/mol. The first-order valence-electron chi connectivity index (χ1n) is 9.47. The number of anilines is 1. The van der Waals surface area contributed by atoms with E-state index in [0.717, 1.165) is 22.6 Å². The number of fused-ring (bicyclic) bond motifs is 2. The van der Waals surface area contributed by atoms with Crippen molar-refractivity contribution >= 4 is 39.9 Å². The largest absolute Gasteiger partial charge is 0.444 e. The van der Waals surface area contributed by atoms with Gasteiger partial charge in [-0.3, -0.25) is 4.79 Å². The number of halogens is 2. The highest BCUT2D eigenvalue weighted by molar-refractivity contribution is 7.10. The Hall–Kier alpha value is -2.94. The van der Waals surface area contributed by atoms with E-state index in [1.807, 2.05) is 20.8 Å². The number of amides is 2. The Kier molecular flexibility index (Phi) is 5.01. The maximum Gasteiger partial charge on any atom is 0.410 e. The topological polar surface area (TPSA) is 74.4 Å². The van der Waals surface area contributed by atoms with Gasteiger partial charge in [0.15, 0.2) is 11.6 Å². The molecule has 2 N–H and O–H groups in total. The highest BCUT2D eigenvalue weighted by Gasteiger charge is 2.29. The molecule has 3 aromatic rings. The van der Waals surface area contributed by atoms with Gasteiger partial charge in [0, 0.05) is 34.5 Å². The maximum atomic E-state index is 13.6. The molecule has 1 aliphatic heterocycles. The smallest absolute Gasteiger partial charge is 0.410 e. The minimum atomic E-state index is -0.979. The van der Waals surface area contributed by atoms with Crippen LogP contribution in [-0.4, -0.2) is 34.0 Å². The fraction of sp³-hybridized carbons (Fsp3) is 0.333. The fourth-order valence-electron chi connectivity index (χ4n) is 3.41. The number of aromatic amines is 1. The van der Waals surface area contributed by atoms with Crippen LogP contribution in [0.3, 0.4) is 0 Å². The van der Waals surface area contributed by atoms with Crippen LogP contribution in [0.15, 0.2) is 23.7 Å². The van der Waals surface area contributed by atoms with Gasteiger partial charge in [-0.15, -0.1) is 11.3 Å². The van der Waals surface area contributed by atoms with Crippen molar-refractivity contribution in [3.8, 4) is 0 Å². The van der Waals surface area contributed by atoms with Crippen molar-refractivity contribution in [1.29, 1.82) is 0 Å². The van der Waals surface area contributed by atoms with Crippen molar-refractivity contribution in [3.63, 3.8) is 0 Å². The molecule has 0 fully saturated rings. The van der Waals surface area contributed by atoms with E-state index in [2.05, 4.69) is 10.3 Å². The summed E-state index contributed by atoms with van der Waals surface area (Å²) in [4.78, 5) is 30.6. The second-order valence-corrected chi connectivity index (χ2v) is 9.14. The van der Waals surface area contributed by atoms with E-state index in [9.17, 15) is 18.4 Å². The Morgan fingerprint density at radius 2 is 1.97 bits per heavy atom. The van der Waals surface area contributed by atoms with E-state index in [0.29, 0.717) is 41.7 Å². The first-order chi connectivity index (χ1) is 14.1. The summed E-state index contributed by atoms with van der Waals surface area (Å²) >= 11 is 1.41. The summed E-state index contributed by atoms with van der Waals surface area (Å²) in [6.45, 7) is 6.30. The van der Waals surface area contributed by atoms with Gasteiger partial charge in [0.1, 0.15) is 5.60 Å². The van der Waals surface area contributed by atoms with Gasteiger partial charge in [0.2, 0.25) is 0 Å². The number of carbonyl (C=O) groups is 2. The van der Waals surface area contributed by atoms with Crippen molar-refractivity contribution < 1.29 is 23.1 Å². The summed E-state index contributed by atoms with van der Waals surface area (Å²) in [6, 6.07) is 2.11. The molecule has 0 unspecified atom stereocenters. The van der Waals surface area contributed by atoms with E-state index < -0.39 is 17.2 Å². The van der Waals surface area contributed by atoms with Gasteiger partial charge in [-0.25, -0.2) is 13.6 Å². The second kappa shape index (κ2) is 7.39. The molecule has 30 heavy (non-hydrogen) atoms. The van der Waals surface area contributed by atoms with Crippen LogP contribution in [0.2, 0.25) is 0 Å². The predicted molar refractivity (Wildman–Crippen MR) is 111 cm³/mol. The lowest BCUT2D eigenvalue weighted by Gasteiger charge is -2.30. The third-order valence-corrected chi connectivity index (χ3v) is 5.83. The number of benzene rings is 1. The van der Waals surface area contributed by atoms with E-state index in [-0.39, 0.29) is 12.0 Å². The first-order valence-corrected chi connectivity index (χ1v) is 10.3. The van der Waals surface area contributed by atoms with Gasteiger partial charge in [-0.2, -0.15) is 0 Å². The molecule has 0 bridgehead atoms. The Morgan fingerprint density at radius 1 is 1.23 bits per heavy atom. The molecule has 0 saturated carbocycles. The monoisotopic (exact) mass is 433 g/mol. The Labute approximate surface area is 175 Å². The molecule has 6 nitrogen and oxygen atoms in total. The molecule has 0 spiro atoms. The molecule has 3 heterocycles. The minimum Gasteiger partial charge on any atom is -0.444 e. The molecule has 1 aliphatic rings. The minimum absolute atomic E-state index is 0.330. The normalized spacial score (nSPS) is 14.0. The molecule has 158 valence electrons. The summed E-state index contributed by atoms with van der Waals surface area (Å²) in [5.41, 5.74) is 1.62. The highest BCUT2D eigenvalue weighted by Crippen LogP contribution is 2.31. The van der Waals surface area contributed by atoms with Crippen LogP contribution in [0, 0.1) is 11.6 Å². The van der Waals surface area contributed by atoms with Crippen LogP contribution in [0.25, 0.3) is 10.9 Å². The zero-order chi connectivity index (χ0) is 21.6. The maximum absolute atomic E-state index is 13.6. The zero-order valence-corrected chi connectivity index (χ0v) is 17.6. The molecule has 1 aromatic carbocycles. The van der Waals surface area contributed by atoms with Crippen molar-refractivity contribution in [2.75, 3.05) is 11.9 Å².